The van der Waals surface area contributed by atoms with Crippen LogP contribution >= 0.6 is 0 Å². The second-order valence-corrected chi connectivity index (χ2v) is 4.68. The minimum atomic E-state index is 0.572. The third kappa shape index (κ3) is 2.76. The summed E-state index contributed by atoms with van der Waals surface area (Å²) in [5.41, 5.74) is 3.78. The number of nitrogens with one attached hydrogen (secondary N) is 3. The molecule has 0 fully saturated rings. The van der Waals surface area contributed by atoms with Crippen molar-refractivity contribution in [3.05, 3.63) is 35.9 Å². The van der Waals surface area contributed by atoms with Crippen molar-refractivity contribution in [1.29, 1.82) is 0 Å². The first-order chi connectivity index (χ1) is 10.3. The molecular weight excluding hydrogens is 266 g/mol. The van der Waals surface area contributed by atoms with Crippen LogP contribution in [0, 0.1) is 6.92 Å². The molecule has 0 spiro atoms. The first-order valence-corrected chi connectivity index (χ1v) is 6.86. The van der Waals surface area contributed by atoms with Gasteiger partial charge in [-0.1, -0.05) is 0 Å². The zero-order chi connectivity index (χ0) is 14.7. The Balaban J connectivity index is 1.89. The van der Waals surface area contributed by atoms with Crippen LogP contribution in [0.15, 0.2) is 24.8 Å². The van der Waals surface area contributed by atoms with Gasteiger partial charge < -0.3 is 15.6 Å². The van der Waals surface area contributed by atoms with Gasteiger partial charge in [-0.2, -0.15) is 9.97 Å². The minimum absolute atomic E-state index is 0.572. The number of anilines is 2. The maximum Gasteiger partial charge on any atom is 0.226 e. The molecule has 0 radical (unpaired) electrons. The summed E-state index contributed by atoms with van der Waals surface area (Å²) in [5.74, 6) is 1.30. The van der Waals surface area contributed by atoms with E-state index in [0.717, 1.165) is 23.4 Å². The van der Waals surface area contributed by atoms with Gasteiger partial charge in [-0.3, -0.25) is 4.98 Å². The molecule has 3 N–H and O–H groups in total. The highest BCUT2D eigenvalue weighted by atomic mass is 15.2. The van der Waals surface area contributed by atoms with E-state index in [0.29, 0.717) is 18.1 Å². The van der Waals surface area contributed by atoms with E-state index in [1.165, 1.54) is 5.56 Å². The Bertz CT molecular complexity index is 750. The molecule has 3 aromatic rings. The third-order valence-corrected chi connectivity index (χ3v) is 3.21. The second kappa shape index (κ2) is 5.74. The highest BCUT2D eigenvalue weighted by molar-refractivity contribution is 5.83. The maximum absolute atomic E-state index is 4.48. The average Bonchev–Trinajstić information content (AvgIpc) is 2.95. The van der Waals surface area contributed by atoms with Crippen molar-refractivity contribution in [3.8, 4) is 0 Å². The molecule has 3 rings (SSSR count). The van der Waals surface area contributed by atoms with Gasteiger partial charge in [0.25, 0.3) is 0 Å². The molecular formula is C14H17N7. The van der Waals surface area contributed by atoms with E-state index >= 15 is 0 Å². The summed E-state index contributed by atoms with van der Waals surface area (Å²) >= 11 is 0. The van der Waals surface area contributed by atoms with Crippen LogP contribution in [0.5, 0.6) is 0 Å². The molecule has 0 aliphatic carbocycles. The van der Waals surface area contributed by atoms with Crippen LogP contribution in [0.25, 0.3) is 11.2 Å². The number of hydrogen-bond acceptors (Lipinski definition) is 6. The highest BCUT2D eigenvalue weighted by Crippen LogP contribution is 2.19. The van der Waals surface area contributed by atoms with Crippen LogP contribution in [0.3, 0.4) is 0 Å². The molecule has 3 aromatic heterocycles. The van der Waals surface area contributed by atoms with E-state index in [-0.39, 0.29) is 0 Å². The number of aromatic nitrogens is 5. The van der Waals surface area contributed by atoms with E-state index in [1.54, 1.807) is 12.5 Å². The van der Waals surface area contributed by atoms with Crippen LogP contribution in [-0.2, 0) is 6.54 Å². The lowest BCUT2D eigenvalue weighted by atomic mass is 10.1. The Morgan fingerprint density at radius 3 is 2.95 bits per heavy atom. The van der Waals surface area contributed by atoms with Crippen molar-refractivity contribution >= 4 is 22.9 Å². The number of aromatic amines is 1. The SMILES string of the molecule is CCNc1nc(NCc2cnccc2C)c2[nH]cnc2n1. The van der Waals surface area contributed by atoms with Crippen molar-refractivity contribution in [2.24, 2.45) is 0 Å². The molecule has 0 amide bonds. The van der Waals surface area contributed by atoms with Crippen LogP contribution in [0.4, 0.5) is 11.8 Å². The Morgan fingerprint density at radius 1 is 1.24 bits per heavy atom. The Hall–Kier alpha value is -2.70. The van der Waals surface area contributed by atoms with Gasteiger partial charge in [0.1, 0.15) is 5.52 Å². The monoisotopic (exact) mass is 283 g/mol. The summed E-state index contributed by atoms with van der Waals surface area (Å²) in [5, 5.41) is 6.44. The number of aryl methyl sites for hydroxylation is 1. The summed E-state index contributed by atoms with van der Waals surface area (Å²) in [7, 11) is 0. The fourth-order valence-electron chi connectivity index (χ4n) is 2.06. The molecule has 7 heteroatoms. The molecule has 108 valence electrons. The van der Waals surface area contributed by atoms with Crippen molar-refractivity contribution < 1.29 is 0 Å². The van der Waals surface area contributed by atoms with Gasteiger partial charge in [-0.05, 0) is 31.0 Å². The van der Waals surface area contributed by atoms with Gasteiger partial charge in [-0.25, -0.2) is 4.98 Å². The zero-order valence-corrected chi connectivity index (χ0v) is 12.0. The molecule has 21 heavy (non-hydrogen) atoms. The van der Waals surface area contributed by atoms with Gasteiger partial charge >= 0.3 is 0 Å². The van der Waals surface area contributed by atoms with Gasteiger partial charge in [0.15, 0.2) is 11.5 Å². The number of hydrogen-bond donors (Lipinski definition) is 3. The van der Waals surface area contributed by atoms with E-state index in [2.05, 4.69) is 42.5 Å². The average molecular weight is 283 g/mol. The predicted molar refractivity (Wildman–Crippen MR) is 82.1 cm³/mol. The van der Waals surface area contributed by atoms with Gasteiger partial charge in [0.2, 0.25) is 5.95 Å². The quantitative estimate of drug-likeness (QED) is 0.664. The van der Waals surface area contributed by atoms with E-state index in [9.17, 15) is 0 Å². The minimum Gasteiger partial charge on any atom is -0.364 e. The van der Waals surface area contributed by atoms with Crippen LogP contribution in [0.1, 0.15) is 18.1 Å². The van der Waals surface area contributed by atoms with Gasteiger partial charge in [-0.15, -0.1) is 0 Å². The van der Waals surface area contributed by atoms with Crippen molar-refractivity contribution in [3.63, 3.8) is 0 Å². The Morgan fingerprint density at radius 2 is 2.14 bits per heavy atom. The lowest BCUT2D eigenvalue weighted by molar-refractivity contribution is 1.05. The summed E-state index contributed by atoms with van der Waals surface area (Å²) in [6.07, 6.45) is 5.27. The van der Waals surface area contributed by atoms with E-state index in [1.807, 2.05) is 19.2 Å². The maximum atomic E-state index is 4.48. The van der Waals surface area contributed by atoms with Crippen molar-refractivity contribution in [1.82, 2.24) is 24.9 Å². The summed E-state index contributed by atoms with van der Waals surface area (Å²) in [6, 6.07) is 1.99. The predicted octanol–water partition coefficient (Wildman–Crippen LogP) is 2.10. The molecule has 0 aliphatic rings. The van der Waals surface area contributed by atoms with Crippen LogP contribution in [-0.4, -0.2) is 31.5 Å². The normalized spacial score (nSPS) is 10.8. The number of pyridine rings is 1. The molecule has 0 aromatic carbocycles. The molecule has 7 nitrogen and oxygen atoms in total. The molecule has 0 unspecified atom stereocenters. The molecule has 0 saturated heterocycles. The smallest absolute Gasteiger partial charge is 0.226 e. The van der Waals surface area contributed by atoms with Crippen molar-refractivity contribution in [2.45, 2.75) is 20.4 Å². The molecule has 0 saturated carbocycles. The summed E-state index contributed by atoms with van der Waals surface area (Å²) in [6.45, 7) is 5.48. The molecule has 0 atom stereocenters. The molecule has 3 heterocycles. The Labute approximate surface area is 122 Å². The van der Waals surface area contributed by atoms with Crippen LogP contribution < -0.4 is 10.6 Å². The topological polar surface area (TPSA) is 91.4 Å². The Kier molecular flexibility index (Phi) is 3.63. The van der Waals surface area contributed by atoms with Gasteiger partial charge in [0, 0.05) is 25.5 Å². The number of fused-ring (bicyclic) bond motifs is 1. The summed E-state index contributed by atoms with van der Waals surface area (Å²) < 4.78 is 0. The first-order valence-electron chi connectivity index (χ1n) is 6.86. The highest BCUT2D eigenvalue weighted by Gasteiger charge is 2.09. The number of nitrogens with zero attached hydrogens (tertiary/aromatic N) is 4. The molecule has 0 aliphatic heterocycles. The largest absolute Gasteiger partial charge is 0.364 e. The third-order valence-electron chi connectivity index (χ3n) is 3.21. The summed E-state index contributed by atoms with van der Waals surface area (Å²) in [4.78, 5) is 20.2. The van der Waals surface area contributed by atoms with E-state index in [4.69, 9.17) is 0 Å². The molecule has 0 bridgehead atoms. The lowest BCUT2D eigenvalue weighted by Crippen LogP contribution is -2.08. The fourth-order valence-corrected chi connectivity index (χ4v) is 2.06. The number of imidazole rings is 1. The fraction of sp³-hybridized carbons (Fsp3) is 0.286. The number of H-pyrrole nitrogens is 1. The standard InChI is InChI=1S/C14H17N7/c1-3-16-14-20-12(11-13(21-14)19-8-18-11)17-7-10-6-15-5-4-9(10)2/h4-6,8H,3,7H2,1-2H3,(H3,16,17,18,19,20,21). The van der Waals surface area contributed by atoms with Crippen LogP contribution in [0.2, 0.25) is 0 Å². The van der Waals surface area contributed by atoms with E-state index < -0.39 is 0 Å². The first kappa shape index (κ1) is 13.3. The zero-order valence-electron chi connectivity index (χ0n) is 12.0. The number of rotatable bonds is 5. The second-order valence-electron chi connectivity index (χ2n) is 4.68. The van der Waals surface area contributed by atoms with Gasteiger partial charge in [0.05, 0.1) is 6.33 Å². The van der Waals surface area contributed by atoms with Crippen molar-refractivity contribution in [2.75, 3.05) is 17.2 Å². The lowest BCUT2D eigenvalue weighted by Gasteiger charge is -2.10.